The van der Waals surface area contributed by atoms with Gasteiger partial charge in [-0.15, -0.1) is 0 Å². The van der Waals surface area contributed by atoms with E-state index in [1.54, 1.807) is 5.56 Å². The molecule has 0 spiro atoms. The van der Waals surface area contributed by atoms with Crippen LogP contribution in [0, 0.1) is 0 Å². The lowest BCUT2D eigenvalue weighted by Crippen LogP contribution is -3.00. The molecule has 3 atom stereocenters. The molecule has 1 aliphatic carbocycles. The standard InChI is InChI=1S/C14H16NO.HI/c1-9-15-12-7-3-2-5-10(12)11-6-4-8-13(16-9)14(11)15;/h2-3,5,7,11,13-14H,4,6,8H2,1H3;1H/q+1;/p-1. The number of halogens is 1. The fourth-order valence-electron chi connectivity index (χ4n) is 3.79. The molecule has 0 radical (unpaired) electrons. The predicted octanol–water partition coefficient (Wildman–Crippen LogP) is -0.199. The number of ether oxygens (including phenoxy) is 1. The van der Waals surface area contributed by atoms with Gasteiger partial charge in [-0.05, 0) is 19.3 Å². The highest BCUT2D eigenvalue weighted by molar-refractivity contribution is 5.72. The molecule has 3 heteroatoms. The van der Waals surface area contributed by atoms with Crippen molar-refractivity contribution in [3.63, 3.8) is 0 Å². The zero-order valence-corrected chi connectivity index (χ0v) is 12.1. The normalized spacial score (nSPS) is 32.6. The second-order valence-electron chi connectivity index (χ2n) is 5.13. The Morgan fingerprint density at radius 3 is 2.94 bits per heavy atom. The first-order valence-electron chi connectivity index (χ1n) is 6.24. The maximum absolute atomic E-state index is 6.00. The van der Waals surface area contributed by atoms with Crippen molar-refractivity contribution >= 4 is 11.6 Å². The molecule has 3 aliphatic rings. The fourth-order valence-corrected chi connectivity index (χ4v) is 3.79. The maximum atomic E-state index is 6.00. The third-order valence-corrected chi connectivity index (χ3v) is 4.35. The first kappa shape index (κ1) is 11.5. The smallest absolute Gasteiger partial charge is 0.339 e. The van der Waals surface area contributed by atoms with E-state index in [-0.39, 0.29) is 24.0 Å². The molecule has 3 unspecified atom stereocenters. The van der Waals surface area contributed by atoms with Crippen LogP contribution in [0.2, 0.25) is 0 Å². The Morgan fingerprint density at radius 1 is 1.24 bits per heavy atom. The summed E-state index contributed by atoms with van der Waals surface area (Å²) in [5.41, 5.74) is 2.93. The Kier molecular flexibility index (Phi) is 2.69. The zero-order valence-electron chi connectivity index (χ0n) is 9.90. The van der Waals surface area contributed by atoms with Crippen LogP contribution in [-0.4, -0.2) is 22.6 Å². The van der Waals surface area contributed by atoms with Gasteiger partial charge in [0.1, 0.15) is 0 Å². The molecule has 0 amide bonds. The van der Waals surface area contributed by atoms with Gasteiger partial charge in [-0.2, -0.15) is 4.58 Å². The molecule has 0 saturated heterocycles. The van der Waals surface area contributed by atoms with Crippen LogP contribution in [0.3, 0.4) is 0 Å². The highest BCUT2D eigenvalue weighted by Crippen LogP contribution is 2.49. The molecule has 4 rings (SSSR count). The van der Waals surface area contributed by atoms with Crippen LogP contribution in [0.25, 0.3) is 0 Å². The number of benzene rings is 1. The number of para-hydroxylation sites is 1. The summed E-state index contributed by atoms with van der Waals surface area (Å²) in [7, 11) is 0. The summed E-state index contributed by atoms with van der Waals surface area (Å²) in [5.74, 6) is 1.80. The van der Waals surface area contributed by atoms with Gasteiger partial charge in [0.2, 0.25) is 11.7 Å². The molecule has 2 aliphatic heterocycles. The Balaban J connectivity index is 0.000000902. The summed E-state index contributed by atoms with van der Waals surface area (Å²) in [6, 6.07) is 9.43. The highest BCUT2D eigenvalue weighted by atomic mass is 127. The topological polar surface area (TPSA) is 12.2 Å². The van der Waals surface area contributed by atoms with Crippen LogP contribution < -0.4 is 24.0 Å². The van der Waals surface area contributed by atoms with E-state index in [0.717, 1.165) is 5.90 Å². The zero-order chi connectivity index (χ0) is 10.7. The second kappa shape index (κ2) is 3.97. The number of hydrogen-bond donors (Lipinski definition) is 0. The molecular weight excluding hydrogens is 325 g/mol. The van der Waals surface area contributed by atoms with E-state index in [1.807, 2.05) is 0 Å². The van der Waals surface area contributed by atoms with Crippen molar-refractivity contribution in [2.24, 2.45) is 0 Å². The van der Waals surface area contributed by atoms with Gasteiger partial charge in [0.05, 0.1) is 12.8 Å². The molecule has 1 aromatic carbocycles. The monoisotopic (exact) mass is 341 g/mol. The third-order valence-electron chi connectivity index (χ3n) is 4.35. The number of fused-ring (bicyclic) bond motifs is 3. The molecule has 90 valence electrons. The molecule has 0 aromatic heterocycles. The molecule has 0 bridgehead atoms. The predicted molar refractivity (Wildman–Crippen MR) is 62.3 cm³/mol. The summed E-state index contributed by atoms with van der Waals surface area (Å²) in [6.45, 7) is 2.11. The van der Waals surface area contributed by atoms with Crippen molar-refractivity contribution < 1.29 is 33.3 Å². The highest BCUT2D eigenvalue weighted by Gasteiger charge is 2.56. The van der Waals surface area contributed by atoms with Gasteiger partial charge in [-0.1, -0.05) is 18.2 Å². The van der Waals surface area contributed by atoms with E-state index in [0.29, 0.717) is 18.1 Å². The summed E-state index contributed by atoms with van der Waals surface area (Å²) in [4.78, 5) is 0. The van der Waals surface area contributed by atoms with E-state index in [2.05, 4.69) is 35.8 Å². The second-order valence-corrected chi connectivity index (χ2v) is 5.13. The minimum atomic E-state index is 0. The summed E-state index contributed by atoms with van der Waals surface area (Å²) in [5, 5.41) is 0. The van der Waals surface area contributed by atoms with Crippen LogP contribution in [0.15, 0.2) is 24.3 Å². The Hall–Kier alpha value is -0.580. The molecule has 1 aromatic rings. The summed E-state index contributed by atoms with van der Waals surface area (Å²) >= 11 is 0. The van der Waals surface area contributed by atoms with E-state index in [4.69, 9.17) is 4.74 Å². The molecule has 1 fully saturated rings. The van der Waals surface area contributed by atoms with Crippen molar-refractivity contribution in [3.8, 4) is 0 Å². The Labute approximate surface area is 119 Å². The van der Waals surface area contributed by atoms with Gasteiger partial charge < -0.3 is 28.7 Å². The van der Waals surface area contributed by atoms with E-state index in [9.17, 15) is 0 Å². The van der Waals surface area contributed by atoms with Crippen molar-refractivity contribution in [1.82, 2.24) is 0 Å². The molecule has 0 N–H and O–H groups in total. The van der Waals surface area contributed by atoms with Gasteiger partial charge in [-0.3, -0.25) is 0 Å². The summed E-state index contributed by atoms with van der Waals surface area (Å²) in [6.07, 6.45) is 4.29. The lowest BCUT2D eigenvalue weighted by atomic mass is 9.81. The lowest BCUT2D eigenvalue weighted by Gasteiger charge is -2.24. The van der Waals surface area contributed by atoms with Crippen LogP contribution in [-0.2, 0) is 4.74 Å². The molecular formula is C14H16INO. The first-order chi connectivity index (χ1) is 7.86. The van der Waals surface area contributed by atoms with E-state index >= 15 is 0 Å². The quantitative estimate of drug-likeness (QED) is 0.470. The molecule has 2 nitrogen and oxygen atoms in total. The van der Waals surface area contributed by atoms with Crippen molar-refractivity contribution in [3.05, 3.63) is 29.8 Å². The fraction of sp³-hybridized carbons (Fsp3) is 0.500. The van der Waals surface area contributed by atoms with Crippen LogP contribution in [0.5, 0.6) is 0 Å². The van der Waals surface area contributed by atoms with Crippen molar-refractivity contribution in [1.29, 1.82) is 0 Å². The average Bonchev–Trinajstić information content (AvgIpc) is 2.82. The molecule has 17 heavy (non-hydrogen) atoms. The van der Waals surface area contributed by atoms with Crippen molar-refractivity contribution in [2.75, 3.05) is 0 Å². The average molecular weight is 341 g/mol. The van der Waals surface area contributed by atoms with Crippen LogP contribution >= 0.6 is 0 Å². The van der Waals surface area contributed by atoms with Gasteiger partial charge in [0.25, 0.3) is 0 Å². The Morgan fingerprint density at radius 2 is 2.06 bits per heavy atom. The number of hydrogen-bond acceptors (Lipinski definition) is 1. The number of nitrogens with zero attached hydrogens (tertiary/aromatic N) is 1. The SMILES string of the molecule is CC1=[N+]2c3ccccc3C3CCCC(O1)C32.[I-]. The summed E-state index contributed by atoms with van der Waals surface area (Å²) < 4.78 is 8.43. The van der Waals surface area contributed by atoms with Gasteiger partial charge in [0.15, 0.2) is 6.10 Å². The largest absolute Gasteiger partial charge is 1.00 e. The lowest BCUT2D eigenvalue weighted by molar-refractivity contribution is -0.472. The Bertz CT molecular complexity index is 497. The minimum Gasteiger partial charge on any atom is -1.00 e. The van der Waals surface area contributed by atoms with Crippen LogP contribution in [0.1, 0.15) is 37.7 Å². The third kappa shape index (κ3) is 1.41. The van der Waals surface area contributed by atoms with Gasteiger partial charge in [0, 0.05) is 11.6 Å². The molecule has 1 saturated carbocycles. The number of rotatable bonds is 0. The van der Waals surface area contributed by atoms with Crippen molar-refractivity contribution in [2.45, 2.75) is 44.2 Å². The minimum absolute atomic E-state index is 0. The maximum Gasteiger partial charge on any atom is 0.339 e. The van der Waals surface area contributed by atoms with Gasteiger partial charge >= 0.3 is 5.90 Å². The first-order valence-corrected chi connectivity index (χ1v) is 6.24. The van der Waals surface area contributed by atoms with E-state index < -0.39 is 0 Å². The van der Waals surface area contributed by atoms with E-state index in [1.165, 1.54) is 24.9 Å². The molecule has 2 heterocycles. The van der Waals surface area contributed by atoms with Crippen LogP contribution in [0.4, 0.5) is 5.69 Å². The van der Waals surface area contributed by atoms with Gasteiger partial charge in [-0.25, -0.2) is 0 Å².